The third-order valence-corrected chi connectivity index (χ3v) is 3.38. The van der Waals surface area contributed by atoms with Gasteiger partial charge in [0.15, 0.2) is 0 Å². The largest absolute Gasteiger partial charge is 0.466 e. The molecule has 2 aromatic heterocycles. The second-order valence-electron chi connectivity index (χ2n) is 4.68. The SMILES string of the molecule is CNC(c1cc(C)oc1C)C(C)c1ccccn1. The molecule has 0 amide bonds. The molecular weight excluding hydrogens is 224 g/mol. The van der Waals surface area contributed by atoms with Crippen molar-refractivity contribution in [3.05, 3.63) is 53.2 Å². The molecule has 3 nitrogen and oxygen atoms in total. The molecule has 1 N–H and O–H groups in total. The molecule has 0 aromatic carbocycles. The van der Waals surface area contributed by atoms with Crippen LogP contribution in [-0.4, -0.2) is 12.0 Å². The summed E-state index contributed by atoms with van der Waals surface area (Å²) in [5.74, 6) is 2.23. The highest BCUT2D eigenvalue weighted by Gasteiger charge is 2.23. The van der Waals surface area contributed by atoms with Crippen LogP contribution in [0.2, 0.25) is 0 Å². The van der Waals surface area contributed by atoms with E-state index in [1.807, 2.05) is 39.2 Å². The van der Waals surface area contributed by atoms with Gasteiger partial charge in [-0.1, -0.05) is 13.0 Å². The number of hydrogen-bond acceptors (Lipinski definition) is 3. The van der Waals surface area contributed by atoms with Crippen LogP contribution in [-0.2, 0) is 0 Å². The van der Waals surface area contributed by atoms with Crippen molar-refractivity contribution >= 4 is 0 Å². The maximum absolute atomic E-state index is 5.62. The van der Waals surface area contributed by atoms with Crippen molar-refractivity contribution < 1.29 is 4.42 Å². The lowest BCUT2D eigenvalue weighted by Crippen LogP contribution is -2.23. The predicted octanol–water partition coefficient (Wildman–Crippen LogP) is 3.36. The van der Waals surface area contributed by atoms with Crippen LogP contribution >= 0.6 is 0 Å². The van der Waals surface area contributed by atoms with E-state index in [1.165, 1.54) is 5.56 Å². The molecule has 18 heavy (non-hydrogen) atoms. The number of likely N-dealkylation sites (N-methyl/N-ethyl adjacent to an activating group) is 1. The van der Waals surface area contributed by atoms with Crippen molar-refractivity contribution in [2.75, 3.05) is 7.05 Å². The average Bonchev–Trinajstić information content (AvgIpc) is 2.70. The fourth-order valence-corrected chi connectivity index (χ4v) is 2.45. The third-order valence-electron chi connectivity index (χ3n) is 3.38. The van der Waals surface area contributed by atoms with Gasteiger partial charge >= 0.3 is 0 Å². The van der Waals surface area contributed by atoms with Gasteiger partial charge < -0.3 is 9.73 Å². The Balaban J connectivity index is 2.32. The monoisotopic (exact) mass is 244 g/mol. The summed E-state index contributed by atoms with van der Waals surface area (Å²) in [6.45, 7) is 6.18. The Bertz CT molecular complexity index is 504. The van der Waals surface area contributed by atoms with Gasteiger partial charge in [0.2, 0.25) is 0 Å². The lowest BCUT2D eigenvalue weighted by atomic mass is 9.91. The third kappa shape index (κ3) is 2.46. The van der Waals surface area contributed by atoms with Gasteiger partial charge in [0.05, 0.1) is 0 Å². The molecule has 2 heterocycles. The highest BCUT2D eigenvalue weighted by Crippen LogP contribution is 2.32. The molecule has 0 fully saturated rings. The maximum atomic E-state index is 5.62. The fourth-order valence-electron chi connectivity index (χ4n) is 2.45. The zero-order valence-electron chi connectivity index (χ0n) is 11.4. The van der Waals surface area contributed by atoms with Crippen LogP contribution in [0.3, 0.4) is 0 Å². The fraction of sp³-hybridized carbons (Fsp3) is 0.400. The van der Waals surface area contributed by atoms with Gasteiger partial charge in [-0.25, -0.2) is 0 Å². The lowest BCUT2D eigenvalue weighted by Gasteiger charge is -2.22. The molecule has 2 rings (SSSR count). The van der Waals surface area contributed by atoms with E-state index < -0.39 is 0 Å². The number of pyridine rings is 1. The van der Waals surface area contributed by atoms with Crippen molar-refractivity contribution in [1.82, 2.24) is 10.3 Å². The number of aromatic nitrogens is 1. The molecule has 0 aliphatic heterocycles. The average molecular weight is 244 g/mol. The molecule has 0 spiro atoms. The zero-order chi connectivity index (χ0) is 13.1. The Morgan fingerprint density at radius 1 is 1.28 bits per heavy atom. The summed E-state index contributed by atoms with van der Waals surface area (Å²) in [5.41, 5.74) is 2.31. The minimum Gasteiger partial charge on any atom is -0.466 e. The lowest BCUT2D eigenvalue weighted by molar-refractivity contribution is 0.466. The van der Waals surface area contributed by atoms with Crippen molar-refractivity contribution in [3.8, 4) is 0 Å². The van der Waals surface area contributed by atoms with E-state index in [-0.39, 0.29) is 6.04 Å². The van der Waals surface area contributed by atoms with Gasteiger partial charge in [-0.2, -0.15) is 0 Å². The number of rotatable bonds is 4. The molecule has 2 aromatic rings. The quantitative estimate of drug-likeness (QED) is 0.896. The Hall–Kier alpha value is -1.61. The highest BCUT2D eigenvalue weighted by molar-refractivity contribution is 5.28. The van der Waals surface area contributed by atoms with Crippen LogP contribution in [0, 0.1) is 13.8 Å². The Labute approximate surface area is 108 Å². The first-order chi connectivity index (χ1) is 8.63. The Morgan fingerprint density at radius 2 is 2.06 bits per heavy atom. The standard InChI is InChI=1S/C15H20N2O/c1-10-9-13(12(3)18-10)15(16-4)11(2)14-7-5-6-8-17-14/h5-9,11,15-16H,1-4H3. The predicted molar refractivity (Wildman–Crippen MR) is 72.6 cm³/mol. The van der Waals surface area contributed by atoms with E-state index in [4.69, 9.17) is 4.42 Å². The second kappa shape index (κ2) is 5.36. The van der Waals surface area contributed by atoms with Crippen LogP contribution in [0.1, 0.15) is 41.7 Å². The zero-order valence-corrected chi connectivity index (χ0v) is 11.4. The summed E-state index contributed by atoms with van der Waals surface area (Å²) in [7, 11) is 1.98. The molecule has 0 radical (unpaired) electrons. The van der Waals surface area contributed by atoms with E-state index in [9.17, 15) is 0 Å². The van der Waals surface area contributed by atoms with Crippen LogP contribution in [0.5, 0.6) is 0 Å². The first-order valence-electron chi connectivity index (χ1n) is 6.28. The molecule has 2 atom stereocenters. The molecule has 3 heteroatoms. The topological polar surface area (TPSA) is 38.1 Å². The minimum absolute atomic E-state index is 0.220. The van der Waals surface area contributed by atoms with Gasteiger partial charge in [0, 0.05) is 29.4 Å². The summed E-state index contributed by atoms with van der Waals surface area (Å²) in [5, 5.41) is 3.37. The van der Waals surface area contributed by atoms with E-state index in [2.05, 4.69) is 29.4 Å². The molecule has 0 bridgehead atoms. The first-order valence-corrected chi connectivity index (χ1v) is 6.28. The maximum Gasteiger partial charge on any atom is 0.105 e. The van der Waals surface area contributed by atoms with Crippen molar-refractivity contribution in [3.63, 3.8) is 0 Å². The molecule has 96 valence electrons. The molecule has 0 aliphatic carbocycles. The highest BCUT2D eigenvalue weighted by atomic mass is 16.3. The number of aryl methyl sites for hydroxylation is 2. The van der Waals surface area contributed by atoms with Crippen molar-refractivity contribution in [1.29, 1.82) is 0 Å². The first kappa shape index (κ1) is 12.8. The van der Waals surface area contributed by atoms with Gasteiger partial charge in [-0.3, -0.25) is 4.98 Å². The van der Waals surface area contributed by atoms with Crippen LogP contribution in [0.4, 0.5) is 0 Å². The van der Waals surface area contributed by atoms with Crippen LogP contribution < -0.4 is 5.32 Å². The van der Waals surface area contributed by atoms with E-state index in [1.54, 1.807) is 0 Å². The molecule has 0 saturated carbocycles. The summed E-state index contributed by atoms with van der Waals surface area (Å²) in [6.07, 6.45) is 1.84. The summed E-state index contributed by atoms with van der Waals surface area (Å²) < 4.78 is 5.62. The summed E-state index contributed by atoms with van der Waals surface area (Å²) >= 11 is 0. The van der Waals surface area contributed by atoms with E-state index in [0.29, 0.717) is 5.92 Å². The van der Waals surface area contributed by atoms with E-state index in [0.717, 1.165) is 17.2 Å². The van der Waals surface area contributed by atoms with Crippen LogP contribution in [0.25, 0.3) is 0 Å². The Kier molecular flexibility index (Phi) is 3.82. The number of nitrogens with one attached hydrogen (secondary N) is 1. The van der Waals surface area contributed by atoms with Gasteiger partial charge in [-0.05, 0) is 39.1 Å². The van der Waals surface area contributed by atoms with E-state index >= 15 is 0 Å². The smallest absolute Gasteiger partial charge is 0.105 e. The summed E-state index contributed by atoms with van der Waals surface area (Å²) in [6, 6.07) is 8.36. The summed E-state index contributed by atoms with van der Waals surface area (Å²) in [4.78, 5) is 4.44. The second-order valence-corrected chi connectivity index (χ2v) is 4.68. The number of nitrogens with zero attached hydrogens (tertiary/aromatic N) is 1. The minimum atomic E-state index is 0.220. The number of furan rings is 1. The normalized spacial score (nSPS) is 14.4. The van der Waals surface area contributed by atoms with Gasteiger partial charge in [0.1, 0.15) is 11.5 Å². The molecule has 0 aliphatic rings. The van der Waals surface area contributed by atoms with Gasteiger partial charge in [0.25, 0.3) is 0 Å². The van der Waals surface area contributed by atoms with Crippen molar-refractivity contribution in [2.24, 2.45) is 0 Å². The van der Waals surface area contributed by atoms with Crippen LogP contribution in [0.15, 0.2) is 34.9 Å². The molecule has 0 saturated heterocycles. The number of hydrogen-bond donors (Lipinski definition) is 1. The van der Waals surface area contributed by atoms with Crippen molar-refractivity contribution in [2.45, 2.75) is 32.7 Å². The Morgan fingerprint density at radius 3 is 2.56 bits per heavy atom. The van der Waals surface area contributed by atoms with Gasteiger partial charge in [-0.15, -0.1) is 0 Å². The molecular formula is C15H20N2O. The molecule has 2 unspecified atom stereocenters.